The first-order valence-electron chi connectivity index (χ1n) is 3.62. The zero-order chi connectivity index (χ0) is 8.55. The molecular weight excluding hydrogens is 188 g/mol. The van der Waals surface area contributed by atoms with Gasteiger partial charge >= 0.3 is 0 Å². The molecule has 62 valence electrons. The third kappa shape index (κ3) is 1.30. The van der Waals surface area contributed by atoms with E-state index in [1.807, 2.05) is 6.07 Å². The highest BCUT2D eigenvalue weighted by Gasteiger charge is 2.00. The van der Waals surface area contributed by atoms with Gasteiger partial charge in [0.1, 0.15) is 5.75 Å². The summed E-state index contributed by atoms with van der Waals surface area (Å²) in [5.74, 6) is 1.09. The first kappa shape index (κ1) is 7.95. The Morgan fingerprint density at radius 3 is 2.92 bits per heavy atom. The zero-order valence-electron chi connectivity index (χ0n) is 6.32. The molecule has 12 heavy (non-hydrogen) atoms. The molecule has 1 nitrogen and oxygen atoms in total. The van der Waals surface area contributed by atoms with Crippen molar-refractivity contribution in [3.8, 4) is 5.75 Å². The summed E-state index contributed by atoms with van der Waals surface area (Å²) in [4.78, 5) is 1.24. The molecule has 0 fully saturated rings. The van der Waals surface area contributed by atoms with Crippen LogP contribution >= 0.6 is 24.0 Å². The van der Waals surface area contributed by atoms with Crippen molar-refractivity contribution in [1.82, 2.24) is 0 Å². The lowest BCUT2D eigenvalue weighted by Crippen LogP contribution is -1.62. The molecule has 0 bridgehead atoms. The van der Waals surface area contributed by atoms with Gasteiger partial charge < -0.3 is 5.11 Å². The summed E-state index contributed by atoms with van der Waals surface area (Å²) in [6, 6.07) is 7.52. The van der Waals surface area contributed by atoms with Gasteiger partial charge in [0.05, 0.1) is 0 Å². The second kappa shape index (κ2) is 2.99. The lowest BCUT2D eigenvalue weighted by atomic mass is 10.2. The Morgan fingerprint density at radius 2 is 2.17 bits per heavy atom. The van der Waals surface area contributed by atoms with Gasteiger partial charge in [0.2, 0.25) is 0 Å². The maximum absolute atomic E-state index is 9.20. The van der Waals surface area contributed by atoms with E-state index in [2.05, 4.69) is 18.7 Å². The molecule has 0 saturated carbocycles. The molecule has 1 N–H and O–H groups in total. The number of thiophene rings is 1. The lowest BCUT2D eigenvalue weighted by molar-refractivity contribution is 0.476. The Balaban J connectivity index is 2.67. The Bertz CT molecular complexity index is 406. The van der Waals surface area contributed by atoms with Gasteiger partial charge in [0.25, 0.3) is 0 Å². The molecule has 0 atom stereocenters. The molecule has 0 spiro atoms. The first-order valence-corrected chi connectivity index (χ1v) is 5.07. The number of hydrogen-bond donors (Lipinski definition) is 2. The molecule has 1 aromatic heterocycles. The topological polar surface area (TPSA) is 20.2 Å². The van der Waals surface area contributed by atoms with E-state index in [1.54, 1.807) is 23.5 Å². The predicted octanol–water partition coefficient (Wildman–Crippen LogP) is 3.04. The van der Waals surface area contributed by atoms with Crippen molar-refractivity contribution in [2.45, 2.75) is 5.75 Å². The van der Waals surface area contributed by atoms with Crippen molar-refractivity contribution in [1.29, 1.82) is 0 Å². The Morgan fingerprint density at radius 1 is 1.33 bits per heavy atom. The van der Waals surface area contributed by atoms with Crippen LogP contribution in [0.2, 0.25) is 0 Å². The average molecular weight is 196 g/mol. The van der Waals surface area contributed by atoms with Crippen LogP contribution in [0.1, 0.15) is 4.88 Å². The second-order valence-corrected chi connectivity index (χ2v) is 4.08. The molecule has 3 heteroatoms. The molecule has 0 aliphatic heterocycles. The normalized spacial score (nSPS) is 10.8. The van der Waals surface area contributed by atoms with Crippen LogP contribution in [0.5, 0.6) is 5.75 Å². The SMILES string of the molecule is Oc1ccc2cc(CS)sc2c1. The molecule has 0 saturated heterocycles. The van der Waals surface area contributed by atoms with Gasteiger partial charge in [-0.25, -0.2) is 0 Å². The summed E-state index contributed by atoms with van der Waals surface area (Å²) in [5.41, 5.74) is 0. The summed E-state index contributed by atoms with van der Waals surface area (Å²) in [7, 11) is 0. The van der Waals surface area contributed by atoms with Crippen molar-refractivity contribution in [2.75, 3.05) is 0 Å². The summed E-state index contributed by atoms with van der Waals surface area (Å²) < 4.78 is 1.12. The van der Waals surface area contributed by atoms with Gasteiger partial charge in [-0.05, 0) is 29.7 Å². The second-order valence-electron chi connectivity index (χ2n) is 2.59. The van der Waals surface area contributed by atoms with E-state index in [0.29, 0.717) is 5.75 Å². The maximum atomic E-state index is 9.20. The number of phenolic OH excluding ortho intramolecular Hbond substituents is 1. The lowest BCUT2D eigenvalue weighted by Gasteiger charge is -1.89. The van der Waals surface area contributed by atoms with Crippen molar-refractivity contribution < 1.29 is 5.11 Å². The van der Waals surface area contributed by atoms with E-state index < -0.39 is 0 Å². The number of fused-ring (bicyclic) bond motifs is 1. The van der Waals surface area contributed by atoms with Crippen LogP contribution in [0, 0.1) is 0 Å². The quantitative estimate of drug-likeness (QED) is 0.672. The largest absolute Gasteiger partial charge is 0.508 e. The van der Waals surface area contributed by atoms with Crippen molar-refractivity contribution >= 4 is 34.1 Å². The first-order chi connectivity index (χ1) is 5.79. The van der Waals surface area contributed by atoms with Crippen molar-refractivity contribution in [2.24, 2.45) is 0 Å². The molecule has 2 aromatic rings. The van der Waals surface area contributed by atoms with Crippen LogP contribution < -0.4 is 0 Å². The number of thiol groups is 1. The van der Waals surface area contributed by atoms with Crippen LogP contribution in [0.3, 0.4) is 0 Å². The summed E-state index contributed by atoms with van der Waals surface area (Å²) in [6.07, 6.45) is 0. The number of hydrogen-bond acceptors (Lipinski definition) is 3. The molecule has 0 radical (unpaired) electrons. The van der Waals surface area contributed by atoms with Gasteiger partial charge in [0, 0.05) is 15.3 Å². The minimum atomic E-state index is 0.329. The highest BCUT2D eigenvalue weighted by atomic mass is 32.1. The predicted molar refractivity (Wildman–Crippen MR) is 56.2 cm³/mol. The third-order valence-corrected chi connectivity index (χ3v) is 3.36. The Kier molecular flexibility index (Phi) is 1.98. The van der Waals surface area contributed by atoms with Crippen LogP contribution in [0.4, 0.5) is 0 Å². The Labute approximate surface area is 80.1 Å². The van der Waals surface area contributed by atoms with Gasteiger partial charge in [0.15, 0.2) is 0 Å². The molecule has 0 unspecified atom stereocenters. The van der Waals surface area contributed by atoms with E-state index in [0.717, 1.165) is 10.5 Å². The van der Waals surface area contributed by atoms with Crippen LogP contribution in [-0.4, -0.2) is 5.11 Å². The van der Waals surface area contributed by atoms with Crippen LogP contribution in [-0.2, 0) is 5.75 Å². The fourth-order valence-electron chi connectivity index (χ4n) is 1.15. The molecule has 1 heterocycles. The minimum absolute atomic E-state index is 0.329. The minimum Gasteiger partial charge on any atom is -0.508 e. The molecular formula is C9H8OS2. The van der Waals surface area contributed by atoms with E-state index in [9.17, 15) is 5.11 Å². The van der Waals surface area contributed by atoms with E-state index in [4.69, 9.17) is 0 Å². The van der Waals surface area contributed by atoms with E-state index >= 15 is 0 Å². The molecule has 0 amide bonds. The molecule has 0 aliphatic carbocycles. The fraction of sp³-hybridized carbons (Fsp3) is 0.111. The number of benzene rings is 1. The van der Waals surface area contributed by atoms with Gasteiger partial charge in [-0.3, -0.25) is 0 Å². The fourth-order valence-corrected chi connectivity index (χ4v) is 2.40. The smallest absolute Gasteiger partial charge is 0.117 e. The number of phenols is 1. The molecule has 1 aromatic carbocycles. The average Bonchev–Trinajstić information content (AvgIpc) is 2.46. The number of rotatable bonds is 1. The van der Waals surface area contributed by atoms with Gasteiger partial charge in [-0.1, -0.05) is 0 Å². The maximum Gasteiger partial charge on any atom is 0.117 e. The zero-order valence-corrected chi connectivity index (χ0v) is 8.03. The standard InChI is InChI=1S/C9H8OS2/c10-7-2-1-6-3-8(5-11)12-9(6)4-7/h1-4,10-11H,5H2. The molecule has 0 aliphatic rings. The Hall–Kier alpha value is -0.670. The van der Waals surface area contributed by atoms with Gasteiger partial charge in [-0.2, -0.15) is 12.6 Å². The summed E-state index contributed by atoms with van der Waals surface area (Å²) in [6.45, 7) is 0. The molecule has 2 rings (SSSR count). The van der Waals surface area contributed by atoms with E-state index in [1.165, 1.54) is 10.3 Å². The van der Waals surface area contributed by atoms with Crippen LogP contribution in [0.25, 0.3) is 10.1 Å². The summed E-state index contributed by atoms with van der Waals surface area (Å²) in [5, 5.41) is 10.4. The van der Waals surface area contributed by atoms with Crippen LogP contribution in [0.15, 0.2) is 24.3 Å². The highest BCUT2D eigenvalue weighted by molar-refractivity contribution is 7.79. The van der Waals surface area contributed by atoms with Crippen molar-refractivity contribution in [3.05, 3.63) is 29.1 Å². The highest BCUT2D eigenvalue weighted by Crippen LogP contribution is 2.29. The van der Waals surface area contributed by atoms with Crippen molar-refractivity contribution in [3.63, 3.8) is 0 Å². The monoisotopic (exact) mass is 196 g/mol. The third-order valence-electron chi connectivity index (χ3n) is 1.71. The number of aromatic hydroxyl groups is 1. The summed E-state index contributed by atoms with van der Waals surface area (Å²) >= 11 is 5.87. The van der Waals surface area contributed by atoms with E-state index in [-0.39, 0.29) is 0 Å². The van der Waals surface area contributed by atoms with Gasteiger partial charge in [-0.15, -0.1) is 11.3 Å².